The Balaban J connectivity index is 1.79. The van der Waals surface area contributed by atoms with Gasteiger partial charge in [-0.05, 0) is 60.9 Å². The first-order chi connectivity index (χ1) is 14.9. The average molecular weight is 457 g/mol. The van der Waals surface area contributed by atoms with Crippen molar-refractivity contribution in [2.24, 2.45) is 0 Å². The van der Waals surface area contributed by atoms with Crippen molar-refractivity contribution < 1.29 is 9.15 Å². The molecule has 6 nitrogen and oxygen atoms in total. The van der Waals surface area contributed by atoms with Crippen LogP contribution in [0.4, 0.5) is 0 Å². The molecule has 0 amide bonds. The second-order valence-electron chi connectivity index (χ2n) is 7.32. The summed E-state index contributed by atoms with van der Waals surface area (Å²) in [6.07, 6.45) is 0. The first-order valence-electron chi connectivity index (χ1n) is 9.73. The third kappa shape index (κ3) is 4.39. The van der Waals surface area contributed by atoms with Crippen molar-refractivity contribution in [3.05, 3.63) is 78.9 Å². The van der Waals surface area contributed by atoms with Crippen LogP contribution in [0.3, 0.4) is 0 Å². The Kier molecular flexibility index (Phi) is 6.18. The van der Waals surface area contributed by atoms with E-state index in [0.717, 1.165) is 22.1 Å². The fraction of sp³-hybridized carbons (Fsp3) is 0.261. The monoisotopic (exact) mass is 456 g/mol. The van der Waals surface area contributed by atoms with Gasteiger partial charge in [-0.2, -0.15) is 0 Å². The van der Waals surface area contributed by atoms with E-state index in [1.165, 1.54) is 17.8 Å². The molecular weight excluding hydrogens is 436 g/mol. The smallest absolute Gasteiger partial charge is 0.336 e. The lowest BCUT2D eigenvalue weighted by Gasteiger charge is -2.13. The molecule has 0 saturated heterocycles. The molecule has 2 aromatic carbocycles. The highest BCUT2D eigenvalue weighted by atomic mass is 35.5. The highest BCUT2D eigenvalue weighted by molar-refractivity contribution is 7.98. The maximum atomic E-state index is 13.1. The number of methoxy groups -OCH3 is 1. The van der Waals surface area contributed by atoms with Gasteiger partial charge in [-0.3, -0.25) is 9.36 Å². The summed E-state index contributed by atoms with van der Waals surface area (Å²) < 4.78 is 12.2. The Labute approximate surface area is 187 Å². The first kappa shape index (κ1) is 21.6. The number of halogens is 1. The van der Waals surface area contributed by atoms with Crippen molar-refractivity contribution in [1.82, 2.24) is 9.55 Å². The normalized spacial score (nSPS) is 11.5. The molecule has 0 fully saturated rings. The van der Waals surface area contributed by atoms with Crippen LogP contribution in [0.1, 0.15) is 16.7 Å². The molecule has 0 aliphatic rings. The lowest BCUT2D eigenvalue weighted by Crippen LogP contribution is -2.25. The molecule has 31 heavy (non-hydrogen) atoms. The molecule has 0 spiro atoms. The summed E-state index contributed by atoms with van der Waals surface area (Å²) >= 11 is 7.50. The molecule has 0 N–H and O–H groups in total. The molecule has 2 heterocycles. The fourth-order valence-corrected chi connectivity index (χ4v) is 4.59. The summed E-state index contributed by atoms with van der Waals surface area (Å²) in [7, 11) is 1.59. The number of nitrogens with zero attached hydrogens (tertiary/aromatic N) is 2. The van der Waals surface area contributed by atoms with Gasteiger partial charge in [-0.1, -0.05) is 23.4 Å². The molecule has 0 radical (unpaired) electrons. The van der Waals surface area contributed by atoms with Crippen LogP contribution in [-0.2, 0) is 17.0 Å². The largest absolute Gasteiger partial charge is 0.423 e. The zero-order chi connectivity index (χ0) is 22.1. The van der Waals surface area contributed by atoms with Crippen molar-refractivity contribution >= 4 is 45.2 Å². The van der Waals surface area contributed by atoms with Crippen LogP contribution in [-0.4, -0.2) is 23.3 Å². The Morgan fingerprint density at radius 3 is 2.65 bits per heavy atom. The Hall–Kier alpha value is -2.61. The van der Waals surface area contributed by atoms with Crippen molar-refractivity contribution in [1.29, 1.82) is 0 Å². The Morgan fingerprint density at radius 2 is 1.87 bits per heavy atom. The van der Waals surface area contributed by atoms with Crippen LogP contribution in [0.5, 0.6) is 0 Å². The van der Waals surface area contributed by atoms with Gasteiger partial charge >= 0.3 is 5.63 Å². The van der Waals surface area contributed by atoms with E-state index in [1.807, 2.05) is 26.0 Å². The van der Waals surface area contributed by atoms with Gasteiger partial charge in [-0.15, -0.1) is 0 Å². The van der Waals surface area contributed by atoms with Crippen molar-refractivity contribution in [2.75, 3.05) is 13.7 Å². The minimum absolute atomic E-state index is 0.148. The second-order valence-corrected chi connectivity index (χ2v) is 8.70. The predicted octanol–water partition coefficient (Wildman–Crippen LogP) is 4.71. The summed E-state index contributed by atoms with van der Waals surface area (Å²) in [6.45, 7) is 4.76. The number of benzene rings is 2. The lowest BCUT2D eigenvalue weighted by atomic mass is 10.0. The van der Waals surface area contributed by atoms with Gasteiger partial charge in [0, 0.05) is 29.3 Å². The molecule has 0 unspecified atom stereocenters. The van der Waals surface area contributed by atoms with E-state index < -0.39 is 5.63 Å². The van der Waals surface area contributed by atoms with Crippen molar-refractivity contribution in [2.45, 2.75) is 31.3 Å². The van der Waals surface area contributed by atoms with E-state index in [1.54, 1.807) is 29.9 Å². The molecule has 8 heteroatoms. The van der Waals surface area contributed by atoms with Gasteiger partial charge < -0.3 is 9.15 Å². The number of hydrogen-bond acceptors (Lipinski definition) is 6. The number of ether oxygens (including phenoxy) is 1. The van der Waals surface area contributed by atoms with Crippen molar-refractivity contribution in [3.8, 4) is 0 Å². The van der Waals surface area contributed by atoms with E-state index >= 15 is 0 Å². The lowest BCUT2D eigenvalue weighted by molar-refractivity contribution is 0.183. The molecule has 0 bridgehead atoms. The molecular formula is C23H21ClN2O4S. The van der Waals surface area contributed by atoms with E-state index in [-0.39, 0.29) is 5.56 Å². The highest BCUT2D eigenvalue weighted by Gasteiger charge is 2.14. The minimum atomic E-state index is -0.402. The number of aromatic nitrogens is 2. The zero-order valence-electron chi connectivity index (χ0n) is 17.4. The molecule has 160 valence electrons. The van der Waals surface area contributed by atoms with E-state index in [2.05, 4.69) is 4.98 Å². The topological polar surface area (TPSA) is 74.3 Å². The predicted molar refractivity (Wildman–Crippen MR) is 124 cm³/mol. The van der Waals surface area contributed by atoms with Crippen LogP contribution in [0.25, 0.3) is 21.9 Å². The van der Waals surface area contributed by atoms with E-state index in [9.17, 15) is 9.59 Å². The maximum absolute atomic E-state index is 13.1. The van der Waals surface area contributed by atoms with Gasteiger partial charge in [0.1, 0.15) is 5.58 Å². The molecule has 0 atom stereocenters. The molecule has 2 aromatic heterocycles. The molecule has 0 aliphatic carbocycles. The van der Waals surface area contributed by atoms with Gasteiger partial charge in [0.25, 0.3) is 5.56 Å². The van der Waals surface area contributed by atoms with Gasteiger partial charge in [0.15, 0.2) is 5.16 Å². The third-order valence-electron chi connectivity index (χ3n) is 5.20. The van der Waals surface area contributed by atoms with Crippen LogP contribution >= 0.6 is 23.4 Å². The maximum Gasteiger partial charge on any atom is 0.336 e. The van der Waals surface area contributed by atoms with Crippen LogP contribution < -0.4 is 11.2 Å². The first-order valence-corrected chi connectivity index (χ1v) is 11.1. The number of fused-ring (bicyclic) bond motifs is 2. The SMILES string of the molecule is COCCn1c(SCc2cc(=O)oc3cc(C)c(C)cc23)nc2cc(Cl)ccc2c1=O. The number of rotatable bonds is 6. The van der Waals surface area contributed by atoms with Crippen LogP contribution in [0, 0.1) is 13.8 Å². The standard InChI is InChI=1S/C23H21ClN2O4S/c1-13-8-18-15(10-21(27)30-20(18)9-14(13)2)12-31-23-25-19-11-16(24)4-5-17(19)22(28)26(23)6-7-29-3/h4-5,8-11H,6-7,12H2,1-3H3. The highest BCUT2D eigenvalue weighted by Crippen LogP contribution is 2.28. The van der Waals surface area contributed by atoms with Crippen LogP contribution in [0.2, 0.25) is 5.02 Å². The quantitative estimate of drug-likeness (QED) is 0.237. The molecule has 0 saturated carbocycles. The minimum Gasteiger partial charge on any atom is -0.423 e. The molecule has 4 aromatic rings. The average Bonchev–Trinajstić information content (AvgIpc) is 2.72. The Bertz CT molecular complexity index is 1410. The number of aryl methyl sites for hydroxylation is 2. The van der Waals surface area contributed by atoms with Gasteiger partial charge in [-0.25, -0.2) is 9.78 Å². The number of hydrogen-bond donors (Lipinski definition) is 0. The second kappa shape index (κ2) is 8.86. The summed E-state index contributed by atoms with van der Waals surface area (Å²) in [5.74, 6) is 0.454. The molecule has 0 aliphatic heterocycles. The third-order valence-corrected chi connectivity index (χ3v) is 6.46. The summed E-state index contributed by atoms with van der Waals surface area (Å²) in [5.41, 5.74) is 3.55. The zero-order valence-corrected chi connectivity index (χ0v) is 19.0. The Morgan fingerprint density at radius 1 is 1.10 bits per heavy atom. The van der Waals surface area contributed by atoms with Gasteiger partial charge in [0.2, 0.25) is 0 Å². The van der Waals surface area contributed by atoms with E-state index in [4.69, 9.17) is 20.8 Å². The van der Waals surface area contributed by atoms with Crippen LogP contribution in [0.15, 0.2) is 55.6 Å². The van der Waals surface area contributed by atoms with Crippen molar-refractivity contribution in [3.63, 3.8) is 0 Å². The fourth-order valence-electron chi connectivity index (χ4n) is 3.41. The number of thioether (sulfide) groups is 1. The van der Waals surface area contributed by atoms with Gasteiger partial charge in [0.05, 0.1) is 24.1 Å². The molecule has 4 rings (SSSR count). The summed E-state index contributed by atoms with van der Waals surface area (Å²) in [5, 5.41) is 2.44. The van der Waals surface area contributed by atoms with E-state index in [0.29, 0.717) is 45.6 Å². The summed E-state index contributed by atoms with van der Waals surface area (Å²) in [4.78, 5) is 29.9. The summed E-state index contributed by atoms with van der Waals surface area (Å²) in [6, 6.07) is 10.5.